The molecule has 6 heteroatoms. The number of rotatable bonds is 4. The molecule has 1 aromatic rings. The average Bonchev–Trinajstić information content (AvgIpc) is 2.65. The van der Waals surface area contributed by atoms with Crippen molar-refractivity contribution in [3.63, 3.8) is 0 Å². The number of Topliss-reactive ketones (excluding diaryl/α,β-unsaturated/α-hetero) is 2. The number of esters is 2. The number of fused-ring (bicyclic) bond motifs is 1. The minimum atomic E-state index is -1.18. The highest BCUT2D eigenvalue weighted by molar-refractivity contribution is 6.20. The third kappa shape index (κ3) is 3.31. The van der Waals surface area contributed by atoms with Crippen molar-refractivity contribution in [2.45, 2.75) is 20.3 Å². The van der Waals surface area contributed by atoms with Crippen molar-refractivity contribution in [3.8, 4) is 0 Å². The van der Waals surface area contributed by atoms with Crippen LogP contribution in [0.4, 0.5) is 0 Å². The van der Waals surface area contributed by atoms with Gasteiger partial charge in [0.25, 0.3) is 0 Å². The Balaban J connectivity index is 2.49. The van der Waals surface area contributed by atoms with Crippen LogP contribution in [0.1, 0.15) is 41.0 Å². The number of hydrogen-bond donors (Lipinski definition) is 0. The third-order valence-corrected chi connectivity index (χ3v) is 3.70. The molecule has 2 atom stereocenters. The average molecular weight is 318 g/mol. The Hall–Kier alpha value is -2.50. The van der Waals surface area contributed by atoms with Crippen molar-refractivity contribution in [1.29, 1.82) is 0 Å². The minimum Gasteiger partial charge on any atom is -0.465 e. The lowest BCUT2D eigenvalue weighted by Crippen LogP contribution is -2.31. The first-order chi connectivity index (χ1) is 11.0. The summed E-state index contributed by atoms with van der Waals surface area (Å²) in [7, 11) is 0. The minimum absolute atomic E-state index is 0.113. The molecular weight excluding hydrogens is 300 g/mol. The summed E-state index contributed by atoms with van der Waals surface area (Å²) in [5.41, 5.74) is 0.282. The molecule has 0 amide bonds. The molecule has 0 aromatic heterocycles. The lowest BCUT2D eigenvalue weighted by atomic mass is 9.91. The molecule has 1 aliphatic carbocycles. The summed E-state index contributed by atoms with van der Waals surface area (Å²) >= 11 is 0. The molecule has 0 spiro atoms. The van der Waals surface area contributed by atoms with E-state index in [-0.39, 0.29) is 30.8 Å². The van der Waals surface area contributed by atoms with Crippen molar-refractivity contribution >= 4 is 23.5 Å². The zero-order chi connectivity index (χ0) is 17.0. The molecule has 122 valence electrons. The highest BCUT2D eigenvalue weighted by Gasteiger charge is 2.43. The summed E-state index contributed by atoms with van der Waals surface area (Å²) in [5.74, 6) is -4.82. The fraction of sp³-hybridized carbons (Fsp3) is 0.412. The Morgan fingerprint density at radius 3 is 1.65 bits per heavy atom. The van der Waals surface area contributed by atoms with Gasteiger partial charge in [-0.1, -0.05) is 24.3 Å². The van der Waals surface area contributed by atoms with E-state index in [9.17, 15) is 19.2 Å². The van der Waals surface area contributed by atoms with Crippen LogP contribution in [0.25, 0.3) is 0 Å². The maximum Gasteiger partial charge on any atom is 0.316 e. The van der Waals surface area contributed by atoms with E-state index in [0.717, 1.165) is 0 Å². The number of ether oxygens (including phenoxy) is 2. The van der Waals surface area contributed by atoms with E-state index in [1.807, 2.05) is 0 Å². The van der Waals surface area contributed by atoms with Gasteiger partial charge in [-0.2, -0.15) is 0 Å². The van der Waals surface area contributed by atoms with Gasteiger partial charge in [-0.05, 0) is 20.3 Å². The van der Waals surface area contributed by atoms with Crippen LogP contribution < -0.4 is 0 Å². The van der Waals surface area contributed by atoms with Crippen LogP contribution in [-0.2, 0) is 19.1 Å². The van der Waals surface area contributed by atoms with Crippen LogP contribution in [0.3, 0.4) is 0 Å². The van der Waals surface area contributed by atoms with E-state index in [1.165, 1.54) is 12.1 Å². The molecule has 0 bridgehead atoms. The molecule has 0 unspecified atom stereocenters. The first-order valence-corrected chi connectivity index (χ1v) is 7.51. The van der Waals surface area contributed by atoms with Gasteiger partial charge >= 0.3 is 11.9 Å². The SMILES string of the molecule is CCOC(=O)[C@@H]1C[C@@H](C(=O)OCC)C(=O)c2ccccc2C1=O. The second kappa shape index (κ2) is 7.17. The third-order valence-electron chi connectivity index (χ3n) is 3.70. The van der Waals surface area contributed by atoms with E-state index in [2.05, 4.69) is 0 Å². The fourth-order valence-electron chi connectivity index (χ4n) is 2.63. The van der Waals surface area contributed by atoms with Gasteiger partial charge in [0.15, 0.2) is 11.6 Å². The van der Waals surface area contributed by atoms with Crippen molar-refractivity contribution in [2.24, 2.45) is 11.8 Å². The topological polar surface area (TPSA) is 86.7 Å². The van der Waals surface area contributed by atoms with E-state index in [0.29, 0.717) is 0 Å². The van der Waals surface area contributed by atoms with E-state index < -0.39 is 35.3 Å². The van der Waals surface area contributed by atoms with Crippen LogP contribution in [0, 0.1) is 11.8 Å². The van der Waals surface area contributed by atoms with Crippen LogP contribution >= 0.6 is 0 Å². The van der Waals surface area contributed by atoms with E-state index >= 15 is 0 Å². The number of benzene rings is 1. The van der Waals surface area contributed by atoms with Crippen LogP contribution in [0.15, 0.2) is 24.3 Å². The molecule has 1 aliphatic rings. The Morgan fingerprint density at radius 2 is 1.30 bits per heavy atom. The molecule has 2 rings (SSSR count). The van der Waals surface area contributed by atoms with Gasteiger partial charge in [-0.15, -0.1) is 0 Å². The van der Waals surface area contributed by atoms with Gasteiger partial charge in [0, 0.05) is 11.1 Å². The second-order valence-corrected chi connectivity index (χ2v) is 5.12. The summed E-state index contributed by atoms with van der Waals surface area (Å²) < 4.78 is 9.84. The van der Waals surface area contributed by atoms with Crippen LogP contribution in [0.5, 0.6) is 0 Å². The summed E-state index contributed by atoms with van der Waals surface area (Å²) in [6.45, 7) is 3.48. The van der Waals surface area contributed by atoms with E-state index in [1.54, 1.807) is 26.0 Å². The normalized spacial score (nSPS) is 20.4. The Bertz CT molecular complexity index is 593. The van der Waals surface area contributed by atoms with E-state index in [4.69, 9.17) is 9.47 Å². The van der Waals surface area contributed by atoms with Gasteiger partial charge in [-0.3, -0.25) is 19.2 Å². The zero-order valence-electron chi connectivity index (χ0n) is 13.0. The van der Waals surface area contributed by atoms with Crippen molar-refractivity contribution in [3.05, 3.63) is 35.4 Å². The summed E-state index contributed by atoms with van der Waals surface area (Å²) in [5, 5.41) is 0. The predicted octanol–water partition coefficient (Wildman–Crippen LogP) is 1.81. The van der Waals surface area contributed by atoms with Crippen LogP contribution in [-0.4, -0.2) is 36.7 Å². The maximum atomic E-state index is 12.6. The number of hydrogen-bond acceptors (Lipinski definition) is 6. The van der Waals surface area contributed by atoms with Crippen LogP contribution in [0.2, 0.25) is 0 Å². The molecule has 0 N–H and O–H groups in total. The first-order valence-electron chi connectivity index (χ1n) is 7.51. The van der Waals surface area contributed by atoms with Crippen molar-refractivity contribution in [2.75, 3.05) is 13.2 Å². The monoisotopic (exact) mass is 318 g/mol. The fourth-order valence-corrected chi connectivity index (χ4v) is 2.63. The quantitative estimate of drug-likeness (QED) is 0.478. The largest absolute Gasteiger partial charge is 0.465 e. The molecule has 0 saturated heterocycles. The standard InChI is InChI=1S/C17H18O6/c1-3-22-16(20)12-9-13(17(21)23-4-2)15(19)11-8-6-5-7-10(11)14(12)18/h5-8,12-13H,3-4,9H2,1-2H3/t12-,13-/m1/s1. The smallest absolute Gasteiger partial charge is 0.316 e. The van der Waals surface area contributed by atoms with Gasteiger partial charge in [0.1, 0.15) is 11.8 Å². The van der Waals surface area contributed by atoms with Crippen molar-refractivity contribution < 1.29 is 28.7 Å². The summed E-state index contributed by atoms with van der Waals surface area (Å²) in [4.78, 5) is 49.4. The number of carbonyl (C=O) groups excluding carboxylic acids is 4. The Morgan fingerprint density at radius 1 is 0.913 bits per heavy atom. The number of carbonyl (C=O) groups is 4. The van der Waals surface area contributed by atoms with Gasteiger partial charge in [0.05, 0.1) is 13.2 Å². The Labute approximate surface area is 133 Å². The Kier molecular flexibility index (Phi) is 5.26. The van der Waals surface area contributed by atoms with Gasteiger partial charge < -0.3 is 9.47 Å². The molecule has 0 saturated carbocycles. The maximum absolute atomic E-state index is 12.6. The first kappa shape index (κ1) is 16.9. The number of ketones is 2. The molecule has 1 aromatic carbocycles. The summed E-state index contributed by atoms with van der Waals surface area (Å²) in [6.07, 6.45) is -0.232. The second-order valence-electron chi connectivity index (χ2n) is 5.12. The molecule has 0 radical (unpaired) electrons. The zero-order valence-corrected chi connectivity index (χ0v) is 13.0. The molecular formula is C17H18O6. The van der Waals surface area contributed by atoms with Gasteiger partial charge in [0.2, 0.25) is 0 Å². The molecule has 23 heavy (non-hydrogen) atoms. The highest BCUT2D eigenvalue weighted by Crippen LogP contribution is 2.30. The molecule has 6 nitrogen and oxygen atoms in total. The molecule has 0 aliphatic heterocycles. The summed E-state index contributed by atoms with van der Waals surface area (Å²) in [6, 6.07) is 6.18. The highest BCUT2D eigenvalue weighted by atomic mass is 16.5. The molecule has 0 fully saturated rings. The lowest BCUT2D eigenvalue weighted by Gasteiger charge is -2.16. The predicted molar refractivity (Wildman–Crippen MR) is 80.0 cm³/mol. The van der Waals surface area contributed by atoms with Gasteiger partial charge in [-0.25, -0.2) is 0 Å². The lowest BCUT2D eigenvalue weighted by molar-refractivity contribution is -0.149. The molecule has 0 heterocycles. The van der Waals surface area contributed by atoms with Crippen molar-refractivity contribution in [1.82, 2.24) is 0 Å².